The minimum atomic E-state index is 0.246. The van der Waals surface area contributed by atoms with E-state index in [4.69, 9.17) is 0 Å². The monoisotopic (exact) mass is 356 g/mol. The van der Waals surface area contributed by atoms with Crippen LogP contribution in [0.25, 0.3) is 0 Å². The Morgan fingerprint density at radius 3 is 2.50 bits per heavy atom. The molecule has 3 heteroatoms. The number of likely N-dealkylation sites (tertiary alicyclic amines) is 1. The number of nitrogens with zero attached hydrogens (tertiary/aromatic N) is 2. The number of carbonyl (C=O) groups excluding carboxylic acids is 1. The van der Waals surface area contributed by atoms with Crippen LogP contribution in [0.4, 0.5) is 5.69 Å². The molecule has 3 rings (SSSR count). The van der Waals surface area contributed by atoms with Crippen LogP contribution < -0.4 is 4.90 Å². The summed E-state index contributed by atoms with van der Waals surface area (Å²) in [5.74, 6) is 1.81. The van der Waals surface area contributed by atoms with Crippen LogP contribution >= 0.6 is 0 Å². The Labute approximate surface area is 159 Å². The highest BCUT2D eigenvalue weighted by Gasteiger charge is 2.25. The van der Waals surface area contributed by atoms with Gasteiger partial charge in [-0.25, -0.2) is 0 Å². The molecule has 1 saturated carbocycles. The lowest BCUT2D eigenvalue weighted by atomic mass is 9.86. The largest absolute Gasteiger partial charge is 0.312 e. The minimum Gasteiger partial charge on any atom is -0.312 e. The number of carbonyl (C=O) groups is 1. The Kier molecular flexibility index (Phi) is 7.55. The van der Waals surface area contributed by atoms with E-state index in [2.05, 4.69) is 17.0 Å². The molecule has 0 radical (unpaired) electrons. The highest BCUT2D eigenvalue weighted by Crippen LogP contribution is 2.28. The van der Waals surface area contributed by atoms with Crippen molar-refractivity contribution in [3.63, 3.8) is 0 Å². The van der Waals surface area contributed by atoms with Gasteiger partial charge in [0.1, 0.15) is 0 Å². The van der Waals surface area contributed by atoms with Crippen LogP contribution in [0.1, 0.15) is 64.7 Å². The molecule has 2 aliphatic rings. The van der Waals surface area contributed by atoms with E-state index in [0.29, 0.717) is 12.3 Å². The van der Waals surface area contributed by atoms with Crippen LogP contribution in [0.15, 0.2) is 30.3 Å². The van der Waals surface area contributed by atoms with Crippen LogP contribution in [0, 0.1) is 11.8 Å². The molecule has 1 atom stereocenters. The SMILES string of the molecule is CCC(=O)N(CC1CCCN(CCC2CCCCC2)C1)c1ccccc1. The van der Waals surface area contributed by atoms with Gasteiger partial charge in [0.25, 0.3) is 0 Å². The number of para-hydroxylation sites is 1. The molecule has 1 heterocycles. The van der Waals surface area contributed by atoms with Gasteiger partial charge in [-0.3, -0.25) is 4.79 Å². The third-order valence-electron chi connectivity index (χ3n) is 6.29. The van der Waals surface area contributed by atoms with Crippen LogP contribution in [-0.2, 0) is 4.79 Å². The van der Waals surface area contributed by atoms with Gasteiger partial charge in [-0.15, -0.1) is 0 Å². The predicted octanol–water partition coefficient (Wildman–Crippen LogP) is 5.11. The fraction of sp³-hybridized carbons (Fsp3) is 0.696. The molecule has 1 aromatic rings. The Balaban J connectivity index is 1.53. The van der Waals surface area contributed by atoms with Gasteiger partial charge in [-0.1, -0.05) is 57.2 Å². The molecule has 144 valence electrons. The summed E-state index contributed by atoms with van der Waals surface area (Å²) in [5.41, 5.74) is 1.05. The molecule has 26 heavy (non-hydrogen) atoms. The molecule has 0 spiro atoms. The van der Waals surface area contributed by atoms with E-state index >= 15 is 0 Å². The zero-order chi connectivity index (χ0) is 18.2. The number of piperidine rings is 1. The lowest BCUT2D eigenvalue weighted by molar-refractivity contribution is -0.118. The summed E-state index contributed by atoms with van der Waals surface area (Å²) in [6.45, 7) is 6.50. The summed E-state index contributed by atoms with van der Waals surface area (Å²) in [6, 6.07) is 10.2. The van der Waals surface area contributed by atoms with Gasteiger partial charge in [0.05, 0.1) is 0 Å². The highest BCUT2D eigenvalue weighted by molar-refractivity contribution is 5.93. The Hall–Kier alpha value is -1.35. The standard InChI is InChI=1S/C23H36N2O/c1-2-23(26)25(22-13-7-4-8-14-22)19-21-12-9-16-24(18-21)17-15-20-10-5-3-6-11-20/h4,7-8,13-14,20-21H,2-3,5-6,9-12,15-19H2,1H3. The molecule has 0 aromatic heterocycles. The molecule has 3 nitrogen and oxygen atoms in total. The quantitative estimate of drug-likeness (QED) is 0.677. The summed E-state index contributed by atoms with van der Waals surface area (Å²) in [4.78, 5) is 17.2. The summed E-state index contributed by atoms with van der Waals surface area (Å²) >= 11 is 0. The average molecular weight is 357 g/mol. The van der Waals surface area contributed by atoms with Gasteiger partial charge in [-0.05, 0) is 56.3 Å². The van der Waals surface area contributed by atoms with Crippen molar-refractivity contribution >= 4 is 11.6 Å². The molecular weight excluding hydrogens is 320 g/mol. The maximum absolute atomic E-state index is 12.5. The Bertz CT molecular complexity index is 538. The molecule has 0 bridgehead atoms. The third-order valence-corrected chi connectivity index (χ3v) is 6.29. The molecule has 2 fully saturated rings. The van der Waals surface area contributed by atoms with Gasteiger partial charge in [0.15, 0.2) is 0 Å². The number of amides is 1. The predicted molar refractivity (Wildman–Crippen MR) is 109 cm³/mol. The normalized spacial score (nSPS) is 22.3. The average Bonchev–Trinajstić information content (AvgIpc) is 2.72. The Morgan fingerprint density at radius 1 is 1.04 bits per heavy atom. The van der Waals surface area contributed by atoms with Crippen molar-refractivity contribution in [3.8, 4) is 0 Å². The van der Waals surface area contributed by atoms with Crippen molar-refractivity contribution in [2.24, 2.45) is 11.8 Å². The second-order valence-corrected chi connectivity index (χ2v) is 8.30. The number of hydrogen-bond donors (Lipinski definition) is 0. The van der Waals surface area contributed by atoms with Crippen molar-refractivity contribution in [1.82, 2.24) is 4.90 Å². The van der Waals surface area contributed by atoms with Crippen LogP contribution in [0.2, 0.25) is 0 Å². The molecule has 1 saturated heterocycles. The summed E-state index contributed by atoms with van der Waals surface area (Å²) < 4.78 is 0. The maximum Gasteiger partial charge on any atom is 0.226 e. The summed E-state index contributed by atoms with van der Waals surface area (Å²) in [5, 5.41) is 0. The molecule has 1 aliphatic carbocycles. The van der Waals surface area contributed by atoms with Crippen LogP contribution in [0.5, 0.6) is 0 Å². The van der Waals surface area contributed by atoms with E-state index in [0.717, 1.165) is 24.7 Å². The van der Waals surface area contributed by atoms with E-state index in [1.807, 2.05) is 30.0 Å². The van der Waals surface area contributed by atoms with Gasteiger partial charge >= 0.3 is 0 Å². The number of anilines is 1. The first-order valence-electron chi connectivity index (χ1n) is 10.8. The number of hydrogen-bond acceptors (Lipinski definition) is 2. The first-order chi connectivity index (χ1) is 12.8. The second-order valence-electron chi connectivity index (χ2n) is 8.30. The fourth-order valence-corrected chi connectivity index (χ4v) is 4.75. The second kappa shape index (κ2) is 10.1. The van der Waals surface area contributed by atoms with Gasteiger partial charge < -0.3 is 9.80 Å². The lowest BCUT2D eigenvalue weighted by Crippen LogP contribution is -2.43. The fourth-order valence-electron chi connectivity index (χ4n) is 4.75. The molecule has 0 N–H and O–H groups in total. The smallest absolute Gasteiger partial charge is 0.226 e. The summed E-state index contributed by atoms with van der Waals surface area (Å²) in [7, 11) is 0. The zero-order valence-corrected chi connectivity index (χ0v) is 16.5. The van der Waals surface area contributed by atoms with Crippen molar-refractivity contribution in [2.45, 2.75) is 64.7 Å². The van der Waals surface area contributed by atoms with Crippen molar-refractivity contribution in [3.05, 3.63) is 30.3 Å². The molecular formula is C23H36N2O. The molecule has 1 unspecified atom stereocenters. The topological polar surface area (TPSA) is 23.6 Å². The summed E-state index contributed by atoms with van der Waals surface area (Å²) in [6.07, 6.45) is 11.7. The maximum atomic E-state index is 12.5. The Morgan fingerprint density at radius 2 is 1.77 bits per heavy atom. The molecule has 1 aromatic carbocycles. The lowest BCUT2D eigenvalue weighted by Gasteiger charge is -2.36. The van der Waals surface area contributed by atoms with Crippen LogP contribution in [0.3, 0.4) is 0 Å². The molecule has 1 amide bonds. The van der Waals surface area contributed by atoms with Gasteiger partial charge in [-0.2, -0.15) is 0 Å². The third kappa shape index (κ3) is 5.57. The first kappa shape index (κ1) is 19.4. The van der Waals surface area contributed by atoms with Crippen molar-refractivity contribution < 1.29 is 4.79 Å². The van der Waals surface area contributed by atoms with Crippen molar-refractivity contribution in [1.29, 1.82) is 0 Å². The van der Waals surface area contributed by atoms with Crippen molar-refractivity contribution in [2.75, 3.05) is 31.1 Å². The first-order valence-corrected chi connectivity index (χ1v) is 10.8. The highest BCUT2D eigenvalue weighted by atomic mass is 16.2. The van der Waals surface area contributed by atoms with E-state index in [1.165, 1.54) is 64.5 Å². The van der Waals surface area contributed by atoms with Gasteiger partial charge in [0, 0.05) is 25.2 Å². The van der Waals surface area contributed by atoms with Crippen LogP contribution in [-0.4, -0.2) is 37.0 Å². The number of rotatable bonds is 7. The van der Waals surface area contributed by atoms with E-state index in [1.54, 1.807) is 0 Å². The molecule has 1 aliphatic heterocycles. The van der Waals surface area contributed by atoms with E-state index in [9.17, 15) is 4.79 Å². The number of benzene rings is 1. The van der Waals surface area contributed by atoms with E-state index < -0.39 is 0 Å². The van der Waals surface area contributed by atoms with Gasteiger partial charge in [0.2, 0.25) is 5.91 Å². The minimum absolute atomic E-state index is 0.246. The van der Waals surface area contributed by atoms with E-state index in [-0.39, 0.29) is 5.91 Å². The zero-order valence-electron chi connectivity index (χ0n) is 16.5.